The molecule has 2 unspecified atom stereocenters. The molecule has 43 heavy (non-hydrogen) atoms. The van der Waals surface area contributed by atoms with Crippen LogP contribution in [0.1, 0.15) is 77.3 Å². The molecule has 0 saturated heterocycles. The minimum absolute atomic E-state index is 0.113. The standard InChI is InChI=1S/2C13H16O4.2C4H9.Sn.2H/c2*14-12(15)8-4-7-11(13(16)17)9-10-5-2-1-3-6-10;2*1-4(2)3;;;/h2*1-3,5-6,11H,4,7-9H2,(H,14,15)(H,16,17);2*4H,1H2,2-3H3;;;/q;;;;+4;;/p-4. The van der Waals surface area contributed by atoms with Gasteiger partial charge in [-0.15, -0.1) is 0 Å². The molecule has 0 aliphatic carbocycles. The van der Waals surface area contributed by atoms with E-state index in [-0.39, 0.29) is 34.0 Å². The van der Waals surface area contributed by atoms with E-state index >= 15 is 0 Å². The first kappa shape index (κ1) is 40.1. The maximum atomic E-state index is 10.9. The normalized spacial score (nSPS) is 11.9. The molecule has 0 amide bonds. The Morgan fingerprint density at radius 1 is 0.581 bits per heavy atom. The molecule has 4 radical (unpaired) electrons. The average Bonchev–Trinajstić information content (AvgIpc) is 2.93. The van der Waals surface area contributed by atoms with Crippen LogP contribution < -0.4 is 20.4 Å². The Balaban J connectivity index is 0.000000648. The molecule has 2 aromatic carbocycles. The van der Waals surface area contributed by atoms with E-state index in [0.29, 0.717) is 38.5 Å². The van der Waals surface area contributed by atoms with Crippen molar-refractivity contribution in [2.24, 2.45) is 23.7 Å². The van der Waals surface area contributed by atoms with Crippen LogP contribution in [-0.2, 0) is 32.0 Å². The second-order valence-corrected chi connectivity index (χ2v) is 17.0. The van der Waals surface area contributed by atoms with Crippen LogP contribution in [0.4, 0.5) is 0 Å². The van der Waals surface area contributed by atoms with Crippen molar-refractivity contribution in [2.75, 3.05) is 0 Å². The topological polar surface area (TPSA) is 161 Å². The van der Waals surface area contributed by atoms with Crippen molar-refractivity contribution in [1.29, 1.82) is 0 Å². The molecule has 0 aliphatic heterocycles. The van der Waals surface area contributed by atoms with Crippen LogP contribution in [0.25, 0.3) is 0 Å². The number of hydrogen-bond acceptors (Lipinski definition) is 8. The van der Waals surface area contributed by atoms with Crippen molar-refractivity contribution in [3.05, 3.63) is 71.8 Å². The van der Waals surface area contributed by atoms with Gasteiger partial charge in [-0.05, 0) is 62.5 Å². The molecular formula is C34H48O8Sn. The van der Waals surface area contributed by atoms with E-state index in [1.807, 2.05) is 60.7 Å². The van der Waals surface area contributed by atoms with E-state index in [0.717, 1.165) is 23.0 Å². The Kier molecular flexibility index (Phi) is 22.9. The van der Waals surface area contributed by atoms with Crippen molar-refractivity contribution in [3.63, 3.8) is 0 Å². The van der Waals surface area contributed by atoms with Gasteiger partial charge in [-0.25, -0.2) is 0 Å². The van der Waals surface area contributed by atoms with Crippen LogP contribution in [0.5, 0.6) is 0 Å². The fraction of sp³-hybridized carbons (Fsp3) is 0.529. The van der Waals surface area contributed by atoms with Gasteiger partial charge in [-0.2, -0.15) is 0 Å². The zero-order valence-corrected chi connectivity index (χ0v) is 30.2. The van der Waals surface area contributed by atoms with E-state index < -0.39 is 35.7 Å². The predicted molar refractivity (Wildman–Crippen MR) is 163 cm³/mol. The number of benzene rings is 2. The number of carbonyl (C=O) groups excluding carboxylic acids is 4. The molecular weight excluding hydrogens is 655 g/mol. The number of hydrogen-bond donors (Lipinski definition) is 0. The van der Waals surface area contributed by atoms with Gasteiger partial charge in [0.15, 0.2) is 0 Å². The molecule has 0 aromatic heterocycles. The van der Waals surface area contributed by atoms with Gasteiger partial charge in [0.05, 0.1) is 0 Å². The Morgan fingerprint density at radius 2 is 0.907 bits per heavy atom. The average molecular weight is 703 g/mol. The summed E-state index contributed by atoms with van der Waals surface area (Å²) in [5, 5.41) is 42.3. The molecule has 2 rings (SSSR count). The number of aliphatic carboxylic acids is 4. The first-order valence-corrected chi connectivity index (χ1v) is 20.9. The van der Waals surface area contributed by atoms with Crippen LogP contribution in [-0.4, -0.2) is 45.0 Å². The molecule has 236 valence electrons. The van der Waals surface area contributed by atoms with Gasteiger partial charge in [-0.3, -0.25) is 0 Å². The third-order valence-electron chi connectivity index (χ3n) is 6.75. The van der Waals surface area contributed by atoms with E-state index in [9.17, 15) is 39.6 Å². The molecule has 0 saturated carbocycles. The van der Waals surface area contributed by atoms with Gasteiger partial charge in [0.1, 0.15) is 0 Å². The summed E-state index contributed by atoms with van der Waals surface area (Å²) in [5.41, 5.74) is 1.82. The number of carboxylic acid groups (broad SMARTS) is 4. The van der Waals surface area contributed by atoms with Gasteiger partial charge >= 0.3 is 69.5 Å². The minimum atomic E-state index is -1.15. The second kappa shape index (κ2) is 24.5. The Labute approximate surface area is 267 Å². The molecule has 0 fully saturated rings. The summed E-state index contributed by atoms with van der Waals surface area (Å²) in [4.78, 5) is 42.3. The maximum absolute atomic E-state index is 10.9. The number of rotatable bonds is 18. The molecule has 8 nitrogen and oxygen atoms in total. The van der Waals surface area contributed by atoms with Crippen LogP contribution >= 0.6 is 0 Å². The van der Waals surface area contributed by atoms with Crippen LogP contribution in [0.15, 0.2) is 60.7 Å². The van der Waals surface area contributed by atoms with Crippen molar-refractivity contribution in [3.8, 4) is 0 Å². The van der Waals surface area contributed by atoms with Crippen molar-refractivity contribution in [1.82, 2.24) is 0 Å². The Bertz CT molecular complexity index is 957. The summed E-state index contributed by atoms with van der Waals surface area (Å²) in [6.07, 6.45) is 1.71. The van der Waals surface area contributed by atoms with Gasteiger partial charge in [-0.1, -0.05) is 60.7 Å². The van der Waals surface area contributed by atoms with Crippen molar-refractivity contribution in [2.45, 2.75) is 87.9 Å². The van der Waals surface area contributed by atoms with E-state index in [4.69, 9.17) is 0 Å². The van der Waals surface area contributed by atoms with Crippen molar-refractivity contribution < 1.29 is 39.6 Å². The number of carboxylic acids is 4. The first-order valence-electron chi connectivity index (χ1n) is 15.2. The van der Waals surface area contributed by atoms with Gasteiger partial charge in [0.25, 0.3) is 0 Å². The third kappa shape index (κ3) is 24.3. The maximum Gasteiger partial charge on any atom is 0.0448 e. The van der Waals surface area contributed by atoms with Crippen LogP contribution in [0.3, 0.4) is 0 Å². The molecule has 2 aromatic rings. The van der Waals surface area contributed by atoms with Crippen LogP contribution in [0, 0.1) is 23.7 Å². The largest absolute Gasteiger partial charge is 0.550 e. The summed E-state index contributed by atoms with van der Waals surface area (Å²) < 4.78 is 3.22. The minimum Gasteiger partial charge on any atom is -0.550 e. The summed E-state index contributed by atoms with van der Waals surface area (Å²) in [5.74, 6) is -3.88. The third-order valence-corrected chi connectivity index (χ3v) is 15.7. The summed E-state index contributed by atoms with van der Waals surface area (Å²) >= 11 is -0.245. The SMILES string of the molecule is CC(C)[CH2][SnH2+4][CH2]C(C)C.O=C([O-])CCCC(Cc1ccccc1)C(=O)[O-].O=C([O-])CCCC(Cc1ccccc1)C(=O)[O-]. The second-order valence-electron chi connectivity index (χ2n) is 11.7. The summed E-state index contributed by atoms with van der Waals surface area (Å²) in [7, 11) is 0. The fourth-order valence-electron chi connectivity index (χ4n) is 4.32. The quantitative estimate of drug-likeness (QED) is 0.210. The molecule has 2 atom stereocenters. The molecule has 0 aliphatic rings. The molecule has 9 heteroatoms. The Hall–Kier alpha value is -2.88. The van der Waals surface area contributed by atoms with Gasteiger partial charge in [0.2, 0.25) is 0 Å². The molecule has 0 bridgehead atoms. The Morgan fingerprint density at radius 3 is 1.16 bits per heavy atom. The first-order chi connectivity index (χ1) is 20.3. The smallest absolute Gasteiger partial charge is 0.0448 e. The monoisotopic (exact) mass is 704 g/mol. The summed E-state index contributed by atoms with van der Waals surface area (Å²) in [6, 6.07) is 18.4. The molecule has 0 heterocycles. The summed E-state index contributed by atoms with van der Waals surface area (Å²) in [6.45, 7) is 9.38. The molecule has 0 N–H and O–H groups in total. The number of carbonyl (C=O) groups is 4. The zero-order valence-electron chi connectivity index (χ0n) is 26.1. The van der Waals surface area contributed by atoms with Gasteiger partial charge in [0, 0.05) is 35.7 Å². The van der Waals surface area contributed by atoms with E-state index in [1.165, 1.54) is 0 Å². The molecule has 0 spiro atoms. The van der Waals surface area contributed by atoms with E-state index in [2.05, 4.69) is 27.7 Å². The van der Waals surface area contributed by atoms with E-state index in [1.54, 1.807) is 8.87 Å². The van der Waals surface area contributed by atoms with Gasteiger partial charge < -0.3 is 39.6 Å². The predicted octanol–water partition coefficient (Wildman–Crippen LogP) is 1.33. The fourth-order valence-corrected chi connectivity index (χ4v) is 9.66. The van der Waals surface area contributed by atoms with Crippen LogP contribution in [0.2, 0.25) is 8.87 Å². The van der Waals surface area contributed by atoms with Crippen molar-refractivity contribution >= 4 is 45.0 Å². The zero-order chi connectivity index (χ0) is 32.6.